The molecule has 94 valence electrons. The Morgan fingerprint density at radius 1 is 1.06 bits per heavy atom. The fraction of sp³-hybridized carbons (Fsp3) is 0.214. The van der Waals surface area contributed by atoms with Crippen molar-refractivity contribution in [2.24, 2.45) is 0 Å². The van der Waals surface area contributed by atoms with Crippen molar-refractivity contribution < 1.29 is 4.74 Å². The Hall–Kier alpha value is -1.74. The summed E-state index contributed by atoms with van der Waals surface area (Å²) < 4.78 is 5.86. The maximum Gasteiger partial charge on any atom is 0.222 e. The molecule has 4 heteroatoms. The number of hydrogen-bond donors (Lipinski definition) is 1. The van der Waals surface area contributed by atoms with E-state index in [1.165, 1.54) is 0 Å². The summed E-state index contributed by atoms with van der Waals surface area (Å²) in [5, 5.41) is 0.708. The highest BCUT2D eigenvalue weighted by Gasteiger charge is 2.09. The fourth-order valence-electron chi connectivity index (χ4n) is 1.85. The van der Waals surface area contributed by atoms with E-state index in [-0.39, 0.29) is 0 Å². The van der Waals surface area contributed by atoms with E-state index >= 15 is 0 Å². The maximum atomic E-state index is 5.99. The van der Waals surface area contributed by atoms with Crippen molar-refractivity contribution in [1.82, 2.24) is 4.98 Å². The Bertz CT molecular complexity index is 573. The summed E-state index contributed by atoms with van der Waals surface area (Å²) >= 11 is 5.99. The number of aryl methyl sites for hydroxylation is 3. The summed E-state index contributed by atoms with van der Waals surface area (Å²) in [6.07, 6.45) is 1.59. The second kappa shape index (κ2) is 4.86. The summed E-state index contributed by atoms with van der Waals surface area (Å²) in [5.41, 5.74) is 9.17. The Labute approximate surface area is 112 Å². The average molecular weight is 263 g/mol. The molecule has 2 rings (SSSR count). The number of halogens is 1. The van der Waals surface area contributed by atoms with Gasteiger partial charge < -0.3 is 10.5 Å². The van der Waals surface area contributed by atoms with Gasteiger partial charge >= 0.3 is 0 Å². The number of nitrogens with zero attached hydrogens (tertiary/aromatic N) is 1. The van der Waals surface area contributed by atoms with Crippen LogP contribution in [0.1, 0.15) is 16.7 Å². The van der Waals surface area contributed by atoms with E-state index in [1.54, 1.807) is 6.20 Å². The predicted molar refractivity (Wildman–Crippen MR) is 74.4 cm³/mol. The zero-order valence-corrected chi connectivity index (χ0v) is 11.4. The van der Waals surface area contributed by atoms with Gasteiger partial charge in [0.2, 0.25) is 5.88 Å². The van der Waals surface area contributed by atoms with Crippen molar-refractivity contribution >= 4 is 17.3 Å². The van der Waals surface area contributed by atoms with Crippen LogP contribution in [0.4, 0.5) is 5.69 Å². The summed E-state index contributed by atoms with van der Waals surface area (Å²) in [6.45, 7) is 5.83. The van der Waals surface area contributed by atoms with E-state index < -0.39 is 0 Å². The molecular weight excluding hydrogens is 248 g/mol. The first-order chi connectivity index (χ1) is 8.47. The van der Waals surface area contributed by atoms with Gasteiger partial charge in [-0.15, -0.1) is 0 Å². The molecule has 0 unspecified atom stereocenters. The van der Waals surface area contributed by atoms with E-state index in [0.29, 0.717) is 16.6 Å². The number of rotatable bonds is 2. The lowest BCUT2D eigenvalue weighted by atomic mass is 10.1. The maximum absolute atomic E-state index is 5.99. The average Bonchev–Trinajstić information content (AvgIpc) is 2.25. The molecule has 3 nitrogen and oxygen atoms in total. The largest absolute Gasteiger partial charge is 0.438 e. The first kappa shape index (κ1) is 12.7. The quantitative estimate of drug-likeness (QED) is 0.889. The summed E-state index contributed by atoms with van der Waals surface area (Å²) in [4.78, 5) is 4.20. The number of benzene rings is 1. The van der Waals surface area contributed by atoms with E-state index in [9.17, 15) is 0 Å². The van der Waals surface area contributed by atoms with Crippen LogP contribution in [0.2, 0.25) is 5.02 Å². The Balaban J connectivity index is 2.40. The minimum atomic E-state index is 0.567. The van der Waals surface area contributed by atoms with Gasteiger partial charge in [-0.05, 0) is 50.1 Å². The summed E-state index contributed by atoms with van der Waals surface area (Å²) in [7, 11) is 0. The number of pyridine rings is 1. The molecule has 0 radical (unpaired) electrons. The summed E-state index contributed by atoms with van der Waals surface area (Å²) in [5.74, 6) is 1.36. The molecule has 0 amide bonds. The Kier molecular flexibility index (Phi) is 3.43. The van der Waals surface area contributed by atoms with Crippen LogP contribution in [-0.4, -0.2) is 4.98 Å². The molecule has 0 atom stereocenters. The third-order valence-electron chi connectivity index (χ3n) is 2.68. The number of hydrogen-bond acceptors (Lipinski definition) is 3. The van der Waals surface area contributed by atoms with Crippen LogP contribution in [0.5, 0.6) is 11.6 Å². The molecule has 1 aromatic heterocycles. The third-order valence-corrected chi connectivity index (χ3v) is 2.89. The fourth-order valence-corrected chi connectivity index (χ4v) is 2.17. The van der Waals surface area contributed by atoms with Gasteiger partial charge in [0.05, 0.1) is 11.9 Å². The Morgan fingerprint density at radius 2 is 1.67 bits per heavy atom. The molecule has 0 fully saturated rings. The van der Waals surface area contributed by atoms with E-state index in [4.69, 9.17) is 22.1 Å². The lowest BCUT2D eigenvalue weighted by Gasteiger charge is -2.13. The minimum absolute atomic E-state index is 0.567. The van der Waals surface area contributed by atoms with Crippen LogP contribution >= 0.6 is 11.6 Å². The summed E-state index contributed by atoms with van der Waals surface area (Å²) in [6, 6.07) is 5.58. The van der Waals surface area contributed by atoms with Gasteiger partial charge in [-0.2, -0.15) is 0 Å². The topological polar surface area (TPSA) is 48.1 Å². The molecular formula is C14H15ClN2O. The second-order valence-corrected chi connectivity index (χ2v) is 4.80. The van der Waals surface area contributed by atoms with Gasteiger partial charge in [0.15, 0.2) is 0 Å². The first-order valence-corrected chi connectivity index (χ1v) is 6.02. The molecule has 0 aliphatic carbocycles. The van der Waals surface area contributed by atoms with Gasteiger partial charge in [-0.3, -0.25) is 0 Å². The van der Waals surface area contributed by atoms with Crippen molar-refractivity contribution in [2.75, 3.05) is 5.73 Å². The van der Waals surface area contributed by atoms with E-state index in [0.717, 1.165) is 22.4 Å². The van der Waals surface area contributed by atoms with Crippen LogP contribution in [0, 0.1) is 20.8 Å². The molecule has 1 heterocycles. The normalized spacial score (nSPS) is 10.4. The van der Waals surface area contributed by atoms with Gasteiger partial charge in [0.25, 0.3) is 0 Å². The van der Waals surface area contributed by atoms with Crippen molar-refractivity contribution in [1.29, 1.82) is 0 Å². The SMILES string of the molecule is Cc1cc(N)cnc1Oc1c(C)cc(Cl)cc1C. The second-order valence-electron chi connectivity index (χ2n) is 4.36. The number of nitrogen functional groups attached to an aromatic ring is 1. The molecule has 0 aliphatic heterocycles. The van der Waals surface area contributed by atoms with E-state index in [2.05, 4.69) is 4.98 Å². The van der Waals surface area contributed by atoms with Gasteiger partial charge in [-0.1, -0.05) is 11.6 Å². The highest BCUT2D eigenvalue weighted by atomic mass is 35.5. The van der Waals surface area contributed by atoms with Gasteiger partial charge in [-0.25, -0.2) is 4.98 Å². The third kappa shape index (κ3) is 2.57. The van der Waals surface area contributed by atoms with Crippen molar-refractivity contribution in [3.8, 4) is 11.6 Å². The monoisotopic (exact) mass is 262 g/mol. The molecule has 0 saturated carbocycles. The van der Waals surface area contributed by atoms with Crippen molar-refractivity contribution in [3.63, 3.8) is 0 Å². The Morgan fingerprint density at radius 3 is 2.22 bits per heavy atom. The standard InChI is InChI=1S/C14H15ClN2O/c1-8-4-11(15)5-9(2)13(8)18-14-10(3)6-12(16)7-17-14/h4-7H,16H2,1-3H3. The predicted octanol–water partition coefficient (Wildman–Crippen LogP) is 4.03. The lowest BCUT2D eigenvalue weighted by Crippen LogP contribution is -1.97. The highest BCUT2D eigenvalue weighted by molar-refractivity contribution is 6.30. The zero-order chi connectivity index (χ0) is 13.3. The van der Waals surface area contributed by atoms with E-state index in [1.807, 2.05) is 39.0 Å². The minimum Gasteiger partial charge on any atom is -0.438 e. The number of nitrogens with two attached hydrogens (primary N) is 1. The highest BCUT2D eigenvalue weighted by Crippen LogP contribution is 2.32. The molecule has 0 aliphatic rings. The van der Waals surface area contributed by atoms with Crippen LogP contribution in [0.25, 0.3) is 0 Å². The molecule has 2 aromatic rings. The number of anilines is 1. The van der Waals surface area contributed by atoms with Crippen molar-refractivity contribution in [2.45, 2.75) is 20.8 Å². The van der Waals surface area contributed by atoms with Crippen molar-refractivity contribution in [3.05, 3.63) is 46.1 Å². The van der Waals surface area contributed by atoms with Crippen LogP contribution < -0.4 is 10.5 Å². The molecule has 18 heavy (non-hydrogen) atoms. The van der Waals surface area contributed by atoms with Crippen LogP contribution in [0.3, 0.4) is 0 Å². The number of aromatic nitrogens is 1. The first-order valence-electron chi connectivity index (χ1n) is 5.64. The van der Waals surface area contributed by atoms with Gasteiger partial charge in [0.1, 0.15) is 5.75 Å². The molecule has 2 N–H and O–H groups in total. The molecule has 1 aromatic carbocycles. The smallest absolute Gasteiger partial charge is 0.222 e. The molecule has 0 bridgehead atoms. The molecule has 0 spiro atoms. The van der Waals surface area contributed by atoms with Crippen LogP contribution in [0.15, 0.2) is 24.4 Å². The van der Waals surface area contributed by atoms with Gasteiger partial charge in [0, 0.05) is 10.6 Å². The van der Waals surface area contributed by atoms with Crippen LogP contribution in [-0.2, 0) is 0 Å². The lowest BCUT2D eigenvalue weighted by molar-refractivity contribution is 0.452. The zero-order valence-electron chi connectivity index (χ0n) is 10.6. The molecule has 0 saturated heterocycles. The number of ether oxygens (including phenoxy) is 1.